The Labute approximate surface area is 127 Å². The van der Waals surface area contributed by atoms with Crippen LogP contribution in [0.5, 0.6) is 5.75 Å². The summed E-state index contributed by atoms with van der Waals surface area (Å²) in [5.74, 6) is 0.889. The van der Waals surface area contributed by atoms with E-state index >= 15 is 0 Å². The van der Waals surface area contributed by atoms with Gasteiger partial charge in [-0.2, -0.15) is 0 Å². The monoisotopic (exact) mass is 284 g/mol. The molecule has 1 aromatic carbocycles. The average Bonchev–Trinajstić information content (AvgIpc) is 2.51. The fourth-order valence-electron chi connectivity index (χ4n) is 2.16. The highest BCUT2D eigenvalue weighted by Gasteiger charge is 2.06. The fourth-order valence-corrected chi connectivity index (χ4v) is 2.16. The number of hydrogen-bond donors (Lipinski definition) is 1. The third-order valence-corrected chi connectivity index (χ3v) is 3.28. The van der Waals surface area contributed by atoms with Crippen LogP contribution >= 0.6 is 0 Å². The van der Waals surface area contributed by atoms with Crippen LogP contribution in [0.1, 0.15) is 30.3 Å². The van der Waals surface area contributed by atoms with Crippen LogP contribution in [0.2, 0.25) is 0 Å². The summed E-state index contributed by atoms with van der Waals surface area (Å²) in [6.45, 7) is 6.61. The Bertz CT molecular complexity index is 540. The summed E-state index contributed by atoms with van der Waals surface area (Å²) in [7, 11) is 0. The van der Waals surface area contributed by atoms with Crippen LogP contribution < -0.4 is 10.1 Å². The molecule has 0 aliphatic carbocycles. The first-order valence-electron chi connectivity index (χ1n) is 7.63. The summed E-state index contributed by atoms with van der Waals surface area (Å²) >= 11 is 0. The van der Waals surface area contributed by atoms with Gasteiger partial charge in [-0.15, -0.1) is 0 Å². The number of benzene rings is 1. The maximum absolute atomic E-state index is 5.92. The van der Waals surface area contributed by atoms with Crippen molar-refractivity contribution in [3.05, 3.63) is 59.4 Å². The first-order valence-corrected chi connectivity index (χ1v) is 7.63. The van der Waals surface area contributed by atoms with Crippen molar-refractivity contribution in [1.82, 2.24) is 10.3 Å². The van der Waals surface area contributed by atoms with Crippen molar-refractivity contribution in [3.8, 4) is 5.75 Å². The second kappa shape index (κ2) is 8.42. The molecule has 2 rings (SSSR count). The Hall–Kier alpha value is -1.87. The molecule has 1 aromatic heterocycles. The van der Waals surface area contributed by atoms with Gasteiger partial charge in [-0.1, -0.05) is 37.3 Å². The van der Waals surface area contributed by atoms with Crippen LogP contribution in [0.15, 0.2) is 42.5 Å². The van der Waals surface area contributed by atoms with E-state index in [-0.39, 0.29) is 0 Å². The SMILES string of the molecule is CCCNCc1nc(C)ccc1OCCc1ccccc1. The summed E-state index contributed by atoms with van der Waals surface area (Å²) in [6.07, 6.45) is 2.03. The number of aryl methyl sites for hydroxylation is 1. The summed E-state index contributed by atoms with van der Waals surface area (Å²) in [5.41, 5.74) is 3.32. The molecule has 0 amide bonds. The van der Waals surface area contributed by atoms with Gasteiger partial charge in [0.2, 0.25) is 0 Å². The van der Waals surface area contributed by atoms with Crippen molar-refractivity contribution in [3.63, 3.8) is 0 Å². The van der Waals surface area contributed by atoms with Crippen molar-refractivity contribution in [1.29, 1.82) is 0 Å². The van der Waals surface area contributed by atoms with E-state index in [2.05, 4.69) is 41.5 Å². The average molecular weight is 284 g/mol. The molecule has 0 aliphatic rings. The Balaban J connectivity index is 1.92. The Kier molecular flexibility index (Phi) is 6.22. The van der Waals surface area contributed by atoms with Gasteiger partial charge in [-0.25, -0.2) is 0 Å². The van der Waals surface area contributed by atoms with Crippen molar-refractivity contribution < 1.29 is 4.74 Å². The predicted molar refractivity (Wildman–Crippen MR) is 86.6 cm³/mol. The van der Waals surface area contributed by atoms with E-state index < -0.39 is 0 Å². The Morgan fingerprint density at radius 1 is 1.10 bits per heavy atom. The molecular formula is C18H24N2O. The van der Waals surface area contributed by atoms with E-state index in [1.807, 2.05) is 25.1 Å². The lowest BCUT2D eigenvalue weighted by Gasteiger charge is -2.12. The van der Waals surface area contributed by atoms with Gasteiger partial charge >= 0.3 is 0 Å². The first kappa shape index (κ1) is 15.5. The van der Waals surface area contributed by atoms with Gasteiger partial charge in [-0.05, 0) is 37.6 Å². The van der Waals surface area contributed by atoms with Gasteiger partial charge in [-0.3, -0.25) is 4.98 Å². The summed E-state index contributed by atoms with van der Waals surface area (Å²) in [6, 6.07) is 14.4. The Morgan fingerprint density at radius 2 is 1.90 bits per heavy atom. The lowest BCUT2D eigenvalue weighted by Crippen LogP contribution is -2.16. The minimum Gasteiger partial charge on any atom is -0.491 e. The molecule has 0 saturated heterocycles. The third kappa shape index (κ3) is 5.20. The topological polar surface area (TPSA) is 34.2 Å². The highest BCUT2D eigenvalue weighted by atomic mass is 16.5. The van der Waals surface area contributed by atoms with E-state index in [9.17, 15) is 0 Å². The zero-order chi connectivity index (χ0) is 14.9. The fraction of sp³-hybridized carbons (Fsp3) is 0.389. The first-order chi connectivity index (χ1) is 10.3. The van der Waals surface area contributed by atoms with Crippen molar-refractivity contribution in [2.24, 2.45) is 0 Å². The van der Waals surface area contributed by atoms with Gasteiger partial charge < -0.3 is 10.1 Å². The number of aromatic nitrogens is 1. The molecule has 1 N–H and O–H groups in total. The second-order valence-corrected chi connectivity index (χ2v) is 5.16. The van der Waals surface area contributed by atoms with E-state index in [0.717, 1.165) is 43.1 Å². The van der Waals surface area contributed by atoms with Crippen molar-refractivity contribution in [2.45, 2.75) is 33.2 Å². The van der Waals surface area contributed by atoms with Gasteiger partial charge in [0.15, 0.2) is 0 Å². The predicted octanol–water partition coefficient (Wildman–Crippen LogP) is 3.51. The van der Waals surface area contributed by atoms with E-state index in [0.29, 0.717) is 6.61 Å². The van der Waals surface area contributed by atoms with Crippen molar-refractivity contribution >= 4 is 0 Å². The summed E-state index contributed by atoms with van der Waals surface area (Å²) in [4.78, 5) is 4.58. The zero-order valence-electron chi connectivity index (χ0n) is 12.9. The molecule has 3 nitrogen and oxygen atoms in total. The van der Waals surface area contributed by atoms with Crippen LogP contribution in [0.3, 0.4) is 0 Å². The van der Waals surface area contributed by atoms with Gasteiger partial charge in [0.05, 0.1) is 12.3 Å². The molecule has 0 unspecified atom stereocenters. The largest absolute Gasteiger partial charge is 0.491 e. The number of nitrogens with one attached hydrogen (secondary N) is 1. The molecule has 1 heterocycles. The lowest BCUT2D eigenvalue weighted by molar-refractivity contribution is 0.315. The molecule has 2 aromatic rings. The molecule has 0 saturated carbocycles. The molecule has 0 bridgehead atoms. The van der Waals surface area contributed by atoms with Gasteiger partial charge in [0.1, 0.15) is 5.75 Å². The molecule has 0 atom stereocenters. The third-order valence-electron chi connectivity index (χ3n) is 3.28. The van der Waals surface area contributed by atoms with Crippen molar-refractivity contribution in [2.75, 3.05) is 13.2 Å². The minimum absolute atomic E-state index is 0.676. The minimum atomic E-state index is 0.676. The maximum Gasteiger partial charge on any atom is 0.142 e. The molecule has 3 heteroatoms. The van der Waals surface area contributed by atoms with Crippen LogP contribution in [-0.4, -0.2) is 18.1 Å². The van der Waals surface area contributed by atoms with E-state index in [1.54, 1.807) is 0 Å². The molecule has 0 aliphatic heterocycles. The highest BCUT2D eigenvalue weighted by molar-refractivity contribution is 5.29. The number of ether oxygens (including phenoxy) is 1. The summed E-state index contributed by atoms with van der Waals surface area (Å²) < 4.78 is 5.92. The van der Waals surface area contributed by atoms with Crippen LogP contribution in [0.25, 0.3) is 0 Å². The number of rotatable bonds is 8. The molecule has 21 heavy (non-hydrogen) atoms. The molecule has 112 valence electrons. The summed E-state index contributed by atoms with van der Waals surface area (Å²) in [5, 5.41) is 3.38. The lowest BCUT2D eigenvalue weighted by atomic mass is 10.2. The molecular weight excluding hydrogens is 260 g/mol. The Morgan fingerprint density at radius 3 is 2.67 bits per heavy atom. The molecule has 0 fully saturated rings. The highest BCUT2D eigenvalue weighted by Crippen LogP contribution is 2.17. The quantitative estimate of drug-likeness (QED) is 0.753. The van der Waals surface area contributed by atoms with Crippen LogP contribution in [0, 0.1) is 6.92 Å². The zero-order valence-corrected chi connectivity index (χ0v) is 12.9. The molecule has 0 spiro atoms. The van der Waals surface area contributed by atoms with Crippen LogP contribution in [0.4, 0.5) is 0 Å². The molecule has 0 radical (unpaired) electrons. The maximum atomic E-state index is 5.92. The standard InChI is InChI=1S/C18H24N2O/c1-3-12-19-14-17-18(10-9-15(2)20-17)21-13-11-16-7-5-4-6-8-16/h4-10,19H,3,11-14H2,1-2H3. The number of nitrogens with zero attached hydrogens (tertiary/aromatic N) is 1. The van der Waals surface area contributed by atoms with Gasteiger partial charge in [0.25, 0.3) is 0 Å². The normalized spacial score (nSPS) is 10.6. The second-order valence-electron chi connectivity index (χ2n) is 5.16. The smallest absolute Gasteiger partial charge is 0.142 e. The number of pyridine rings is 1. The van der Waals surface area contributed by atoms with E-state index in [4.69, 9.17) is 4.74 Å². The number of hydrogen-bond acceptors (Lipinski definition) is 3. The van der Waals surface area contributed by atoms with Crippen LogP contribution in [-0.2, 0) is 13.0 Å². The van der Waals surface area contributed by atoms with E-state index in [1.165, 1.54) is 5.56 Å². The van der Waals surface area contributed by atoms with Gasteiger partial charge in [0, 0.05) is 18.7 Å².